The zero-order chi connectivity index (χ0) is 14.9. The fourth-order valence-corrected chi connectivity index (χ4v) is 4.24. The summed E-state index contributed by atoms with van der Waals surface area (Å²) in [4.78, 5) is 18.6. The minimum absolute atomic E-state index is 0.0134. The highest BCUT2D eigenvalue weighted by molar-refractivity contribution is 9.10. The van der Waals surface area contributed by atoms with Gasteiger partial charge in [0.1, 0.15) is 5.15 Å². The maximum absolute atomic E-state index is 12.6. The van der Waals surface area contributed by atoms with Crippen molar-refractivity contribution in [2.24, 2.45) is 5.41 Å². The van der Waals surface area contributed by atoms with Crippen LogP contribution in [0.3, 0.4) is 0 Å². The van der Waals surface area contributed by atoms with Gasteiger partial charge in [0.15, 0.2) is 0 Å². The van der Waals surface area contributed by atoms with Crippen LogP contribution in [0.4, 0.5) is 0 Å². The molecule has 1 aliphatic heterocycles. The van der Waals surface area contributed by atoms with Crippen LogP contribution in [-0.2, 0) is 0 Å². The van der Waals surface area contributed by atoms with Gasteiger partial charge in [-0.25, -0.2) is 4.98 Å². The molecule has 0 aromatic carbocycles. The lowest BCUT2D eigenvalue weighted by Crippen LogP contribution is -2.44. The molecular formula is C16H20BrClN2O. The molecule has 0 N–H and O–H groups in total. The van der Waals surface area contributed by atoms with Gasteiger partial charge in [-0.05, 0) is 53.1 Å². The first kappa shape index (κ1) is 15.3. The van der Waals surface area contributed by atoms with E-state index < -0.39 is 0 Å². The summed E-state index contributed by atoms with van der Waals surface area (Å²) in [5.41, 5.74) is 1.01. The topological polar surface area (TPSA) is 33.2 Å². The van der Waals surface area contributed by atoms with Gasteiger partial charge in [0.2, 0.25) is 0 Å². The second-order valence-corrected chi connectivity index (χ2v) is 7.62. The van der Waals surface area contributed by atoms with Gasteiger partial charge in [-0.3, -0.25) is 4.79 Å². The number of halogens is 2. The number of rotatable bonds is 1. The second kappa shape index (κ2) is 6.25. The van der Waals surface area contributed by atoms with Crippen LogP contribution in [0, 0.1) is 5.41 Å². The van der Waals surface area contributed by atoms with Crippen LogP contribution in [-0.4, -0.2) is 28.9 Å². The fraction of sp³-hybridized carbons (Fsp3) is 0.625. The lowest BCUT2D eigenvalue weighted by molar-refractivity contribution is 0.0472. The third-order valence-electron chi connectivity index (χ3n) is 5.06. The molecule has 114 valence electrons. The monoisotopic (exact) mass is 370 g/mol. The second-order valence-electron chi connectivity index (χ2n) is 6.34. The summed E-state index contributed by atoms with van der Waals surface area (Å²) in [6.07, 6.45) is 10.7. The van der Waals surface area contributed by atoms with Crippen molar-refractivity contribution in [2.75, 3.05) is 13.1 Å². The molecule has 5 heteroatoms. The first-order chi connectivity index (χ1) is 10.1. The summed E-state index contributed by atoms with van der Waals surface area (Å²) in [7, 11) is 0. The minimum Gasteiger partial charge on any atom is -0.339 e. The first-order valence-corrected chi connectivity index (χ1v) is 8.87. The van der Waals surface area contributed by atoms with Crippen LogP contribution < -0.4 is 0 Å². The zero-order valence-electron chi connectivity index (χ0n) is 12.1. The summed E-state index contributed by atoms with van der Waals surface area (Å²) in [6.45, 7) is 1.70. The van der Waals surface area contributed by atoms with Gasteiger partial charge in [0.05, 0.1) is 5.56 Å². The molecule has 21 heavy (non-hydrogen) atoms. The summed E-state index contributed by atoms with van der Waals surface area (Å²) >= 11 is 9.43. The summed E-state index contributed by atoms with van der Waals surface area (Å²) in [5.74, 6) is 0.0134. The Balaban J connectivity index is 1.69. The largest absolute Gasteiger partial charge is 0.339 e. The Kier molecular flexibility index (Phi) is 4.55. The average molecular weight is 372 g/mol. The third kappa shape index (κ3) is 3.26. The van der Waals surface area contributed by atoms with Crippen molar-refractivity contribution in [1.82, 2.24) is 9.88 Å². The van der Waals surface area contributed by atoms with Crippen molar-refractivity contribution < 1.29 is 4.79 Å². The average Bonchev–Trinajstić information content (AvgIpc) is 2.51. The summed E-state index contributed by atoms with van der Waals surface area (Å²) in [5, 5.41) is 0.293. The predicted octanol–water partition coefficient (Wildman–Crippen LogP) is 4.68. The normalized spacial score (nSPS) is 21.5. The molecule has 2 fully saturated rings. The Morgan fingerprint density at radius 1 is 1.19 bits per heavy atom. The number of carbonyl (C=O) groups is 1. The van der Waals surface area contributed by atoms with Crippen molar-refractivity contribution in [1.29, 1.82) is 0 Å². The Bertz CT molecular complexity index is 533. The lowest BCUT2D eigenvalue weighted by Gasteiger charge is -2.44. The molecule has 3 rings (SSSR count). The van der Waals surface area contributed by atoms with Crippen LogP contribution >= 0.6 is 27.5 Å². The summed E-state index contributed by atoms with van der Waals surface area (Å²) in [6, 6.07) is 1.77. The fourth-order valence-electron chi connectivity index (χ4n) is 3.73. The van der Waals surface area contributed by atoms with Gasteiger partial charge < -0.3 is 4.90 Å². The van der Waals surface area contributed by atoms with E-state index in [1.807, 2.05) is 4.90 Å². The maximum atomic E-state index is 12.6. The highest BCUT2D eigenvalue weighted by Crippen LogP contribution is 2.44. The number of aromatic nitrogens is 1. The molecule has 0 unspecified atom stereocenters. The van der Waals surface area contributed by atoms with E-state index in [1.54, 1.807) is 12.3 Å². The molecule has 0 radical (unpaired) electrons. The number of amides is 1. The predicted molar refractivity (Wildman–Crippen MR) is 87.6 cm³/mol. The molecule has 3 nitrogen and oxygen atoms in total. The van der Waals surface area contributed by atoms with E-state index in [-0.39, 0.29) is 5.91 Å². The molecule has 1 aliphatic carbocycles. The Labute approximate surface area is 139 Å². The number of hydrogen-bond acceptors (Lipinski definition) is 2. The van der Waals surface area contributed by atoms with Crippen LogP contribution in [0.25, 0.3) is 0 Å². The van der Waals surface area contributed by atoms with E-state index in [0.29, 0.717) is 16.1 Å². The molecule has 1 saturated heterocycles. The van der Waals surface area contributed by atoms with Crippen molar-refractivity contribution in [2.45, 2.75) is 44.9 Å². The molecule has 0 atom stereocenters. The number of likely N-dealkylation sites (tertiary alicyclic amines) is 1. The lowest BCUT2D eigenvalue weighted by atomic mass is 9.68. The Morgan fingerprint density at radius 2 is 1.86 bits per heavy atom. The molecular weight excluding hydrogens is 352 g/mol. The van der Waals surface area contributed by atoms with E-state index in [4.69, 9.17) is 11.6 Å². The van der Waals surface area contributed by atoms with Crippen molar-refractivity contribution in [3.05, 3.63) is 27.5 Å². The van der Waals surface area contributed by atoms with Crippen molar-refractivity contribution in [3.8, 4) is 0 Å². The highest BCUT2D eigenvalue weighted by atomic mass is 79.9. The minimum atomic E-state index is 0.0134. The van der Waals surface area contributed by atoms with E-state index in [9.17, 15) is 4.79 Å². The molecule has 1 spiro atoms. The highest BCUT2D eigenvalue weighted by Gasteiger charge is 2.37. The summed E-state index contributed by atoms with van der Waals surface area (Å²) < 4.78 is 0.788. The van der Waals surface area contributed by atoms with Crippen LogP contribution in [0.5, 0.6) is 0 Å². The van der Waals surface area contributed by atoms with Crippen molar-refractivity contribution >= 4 is 33.4 Å². The molecule has 0 bridgehead atoms. The number of hydrogen-bond donors (Lipinski definition) is 0. The molecule has 1 saturated carbocycles. The smallest absolute Gasteiger partial charge is 0.257 e. The molecule has 2 aliphatic rings. The van der Waals surface area contributed by atoms with Gasteiger partial charge in [-0.2, -0.15) is 0 Å². The molecule has 2 heterocycles. The Morgan fingerprint density at radius 3 is 2.52 bits per heavy atom. The van der Waals surface area contributed by atoms with E-state index in [2.05, 4.69) is 20.9 Å². The number of piperidine rings is 1. The molecule has 1 aromatic heterocycles. The Hall–Kier alpha value is -0.610. The first-order valence-electron chi connectivity index (χ1n) is 7.70. The third-order valence-corrected chi connectivity index (χ3v) is 5.80. The molecule has 1 amide bonds. The van der Waals surface area contributed by atoms with E-state index >= 15 is 0 Å². The van der Waals surface area contributed by atoms with Gasteiger partial charge in [-0.15, -0.1) is 0 Å². The SMILES string of the molecule is O=C(c1cc(Br)cnc1Cl)N1CCC2(CCCCC2)CC1. The van der Waals surface area contributed by atoms with Gasteiger partial charge in [0, 0.05) is 23.8 Å². The maximum Gasteiger partial charge on any atom is 0.257 e. The zero-order valence-corrected chi connectivity index (χ0v) is 14.4. The van der Waals surface area contributed by atoms with Gasteiger partial charge in [-0.1, -0.05) is 30.9 Å². The number of carbonyl (C=O) groups excluding carboxylic acids is 1. The van der Waals surface area contributed by atoms with Crippen LogP contribution in [0.1, 0.15) is 55.3 Å². The van der Waals surface area contributed by atoms with E-state index in [0.717, 1.165) is 30.4 Å². The standard InChI is InChI=1S/C16H20BrClN2O/c17-12-10-13(14(18)19-11-12)15(21)20-8-6-16(7-9-20)4-2-1-3-5-16/h10-11H,1-9H2. The van der Waals surface area contributed by atoms with Crippen LogP contribution in [0.2, 0.25) is 5.15 Å². The van der Waals surface area contributed by atoms with E-state index in [1.165, 1.54) is 32.1 Å². The number of pyridine rings is 1. The van der Waals surface area contributed by atoms with Crippen molar-refractivity contribution in [3.63, 3.8) is 0 Å². The van der Waals surface area contributed by atoms with Gasteiger partial charge in [0.25, 0.3) is 5.91 Å². The van der Waals surface area contributed by atoms with Gasteiger partial charge >= 0.3 is 0 Å². The van der Waals surface area contributed by atoms with Crippen LogP contribution in [0.15, 0.2) is 16.7 Å². The number of nitrogens with zero attached hydrogens (tertiary/aromatic N) is 2. The molecule has 1 aromatic rings. The quantitative estimate of drug-likeness (QED) is 0.671.